The Morgan fingerprint density at radius 3 is 1.62 bits per heavy atom. The Bertz CT molecular complexity index is 163. The van der Waals surface area contributed by atoms with E-state index in [0.717, 1.165) is 12.5 Å². The predicted octanol–water partition coefficient (Wildman–Crippen LogP) is 0.385. The maximum Gasteiger partial charge on any atom is 0.500 e. The van der Waals surface area contributed by atoms with Crippen LogP contribution in [0.2, 0.25) is 0 Å². The summed E-state index contributed by atoms with van der Waals surface area (Å²) in [6.45, 7) is 0. The normalized spacial score (nSPS) is 20.5. The molecule has 0 aliphatic carbocycles. The van der Waals surface area contributed by atoms with Crippen LogP contribution in [0.4, 0.5) is 0 Å². The van der Waals surface area contributed by atoms with Gasteiger partial charge in [-0.15, -0.1) is 8.42 Å². The summed E-state index contributed by atoms with van der Waals surface area (Å²) >= 11 is 0. The molecule has 0 saturated heterocycles. The zero-order valence-corrected chi connectivity index (χ0v) is 4.01. The quantitative estimate of drug-likeness (QED) is 0.485. The monoisotopic (exact) mass is 138 g/mol. The number of rotatable bonds is 0. The molecule has 0 atom stereocenters. The van der Waals surface area contributed by atoms with Crippen molar-refractivity contribution >= 4 is 10.4 Å². The van der Waals surface area contributed by atoms with Crippen molar-refractivity contribution in [2.24, 2.45) is 0 Å². The fourth-order valence-electron chi connectivity index (χ4n) is 0.204. The second-order valence-corrected chi connectivity index (χ2v) is 2.07. The van der Waals surface area contributed by atoms with Crippen LogP contribution in [0.15, 0.2) is 12.5 Å². The molecule has 0 spiro atoms. The third-order valence-corrected chi connectivity index (χ3v) is 1.10. The molecule has 0 fully saturated rings. The first-order chi connectivity index (χ1) is 3.21. The Morgan fingerprint density at radius 2 is 1.50 bits per heavy atom. The molecule has 8 heavy (non-hydrogen) atoms. The van der Waals surface area contributed by atoms with Crippen LogP contribution in [0.3, 0.4) is 0 Å². The van der Waals surface area contributed by atoms with Gasteiger partial charge in [0.2, 0.25) is 0 Å². The van der Waals surface area contributed by atoms with Gasteiger partial charge < -0.3 is 8.37 Å². The minimum absolute atomic E-state index is 0. The van der Waals surface area contributed by atoms with E-state index in [-0.39, 0.29) is 7.43 Å². The highest BCUT2D eigenvalue weighted by molar-refractivity contribution is 7.82. The Labute approximate surface area is 48.1 Å². The molecule has 0 radical (unpaired) electrons. The smallest absolute Gasteiger partial charge is 0.357 e. The van der Waals surface area contributed by atoms with E-state index in [1.54, 1.807) is 0 Å². The van der Waals surface area contributed by atoms with Crippen molar-refractivity contribution in [3.8, 4) is 0 Å². The van der Waals surface area contributed by atoms with Crippen LogP contribution in [0.1, 0.15) is 7.43 Å². The van der Waals surface area contributed by atoms with Crippen molar-refractivity contribution in [2.45, 2.75) is 7.43 Å². The summed E-state index contributed by atoms with van der Waals surface area (Å²) in [5.74, 6) is 0. The molecule has 0 unspecified atom stereocenters. The van der Waals surface area contributed by atoms with Gasteiger partial charge in [0.25, 0.3) is 0 Å². The fourth-order valence-corrected chi connectivity index (χ4v) is 0.612. The van der Waals surface area contributed by atoms with E-state index in [1.165, 1.54) is 0 Å². The first-order valence-corrected chi connectivity index (χ1v) is 2.80. The van der Waals surface area contributed by atoms with Gasteiger partial charge >= 0.3 is 10.4 Å². The van der Waals surface area contributed by atoms with Crippen molar-refractivity contribution in [1.29, 1.82) is 0 Å². The standard InChI is InChI=1S/C2H2O4S.CH4/c3-7(4)5-1-2-6-7;/h1-2H;1H4. The summed E-state index contributed by atoms with van der Waals surface area (Å²) in [6, 6.07) is 0. The highest BCUT2D eigenvalue weighted by Crippen LogP contribution is 2.03. The van der Waals surface area contributed by atoms with Crippen LogP contribution >= 0.6 is 0 Å². The topological polar surface area (TPSA) is 52.6 Å². The molecule has 4 nitrogen and oxygen atoms in total. The summed E-state index contributed by atoms with van der Waals surface area (Å²) in [5.41, 5.74) is 0. The van der Waals surface area contributed by atoms with Crippen LogP contribution in [0.5, 0.6) is 0 Å². The maximum absolute atomic E-state index is 9.92. The predicted molar refractivity (Wildman–Crippen MR) is 27.0 cm³/mol. The average molecular weight is 138 g/mol. The highest BCUT2D eigenvalue weighted by Gasteiger charge is 2.13. The van der Waals surface area contributed by atoms with E-state index < -0.39 is 10.4 Å². The first-order valence-electron chi connectivity index (χ1n) is 1.47. The lowest BCUT2D eigenvalue weighted by Crippen LogP contribution is -1.94. The van der Waals surface area contributed by atoms with Crippen LogP contribution in [0, 0.1) is 0 Å². The van der Waals surface area contributed by atoms with Gasteiger partial charge in [0.15, 0.2) is 0 Å². The van der Waals surface area contributed by atoms with E-state index in [9.17, 15) is 8.42 Å². The molecule has 0 aromatic rings. The molecular weight excluding hydrogens is 132 g/mol. The molecule has 0 N–H and O–H groups in total. The van der Waals surface area contributed by atoms with Gasteiger partial charge in [0.1, 0.15) is 12.5 Å². The van der Waals surface area contributed by atoms with E-state index >= 15 is 0 Å². The molecule has 1 aliphatic rings. The third kappa shape index (κ3) is 1.42. The molecule has 0 bridgehead atoms. The second-order valence-electron chi connectivity index (χ2n) is 0.873. The largest absolute Gasteiger partial charge is 0.500 e. The van der Waals surface area contributed by atoms with Crippen molar-refractivity contribution in [2.75, 3.05) is 0 Å². The van der Waals surface area contributed by atoms with E-state index in [4.69, 9.17) is 0 Å². The molecule has 1 heterocycles. The molecule has 5 heteroatoms. The zero-order chi connectivity index (χ0) is 5.33. The van der Waals surface area contributed by atoms with Crippen LogP contribution in [-0.4, -0.2) is 8.42 Å². The van der Waals surface area contributed by atoms with Gasteiger partial charge in [-0.05, 0) is 0 Å². The lowest BCUT2D eigenvalue weighted by atomic mass is 11.1. The fraction of sp³-hybridized carbons (Fsp3) is 0.333. The van der Waals surface area contributed by atoms with Gasteiger partial charge in [0.05, 0.1) is 0 Å². The molecule has 0 aromatic heterocycles. The number of hydrogen-bond acceptors (Lipinski definition) is 4. The molecule has 0 amide bonds. The Kier molecular flexibility index (Phi) is 1.86. The van der Waals surface area contributed by atoms with Crippen molar-refractivity contribution < 1.29 is 16.8 Å². The Morgan fingerprint density at radius 1 is 1.12 bits per heavy atom. The van der Waals surface area contributed by atoms with Crippen molar-refractivity contribution in [3.05, 3.63) is 12.5 Å². The summed E-state index contributed by atoms with van der Waals surface area (Å²) < 4.78 is 27.7. The third-order valence-electron chi connectivity index (χ3n) is 0.402. The summed E-state index contributed by atoms with van der Waals surface area (Å²) in [7, 11) is -3.66. The van der Waals surface area contributed by atoms with Gasteiger partial charge in [-0.2, -0.15) is 0 Å². The van der Waals surface area contributed by atoms with Gasteiger partial charge in [-0.3, -0.25) is 0 Å². The van der Waals surface area contributed by atoms with Gasteiger partial charge in [-0.1, -0.05) is 7.43 Å². The van der Waals surface area contributed by atoms with E-state index in [1.807, 2.05) is 0 Å². The highest BCUT2D eigenvalue weighted by atomic mass is 32.3. The Balaban J connectivity index is 0.000000490. The molecule has 48 valence electrons. The first kappa shape index (κ1) is 7.29. The molecule has 0 saturated carbocycles. The minimum atomic E-state index is -3.66. The lowest BCUT2D eigenvalue weighted by Gasteiger charge is -1.85. The van der Waals surface area contributed by atoms with Gasteiger partial charge in [0, 0.05) is 0 Å². The summed E-state index contributed by atoms with van der Waals surface area (Å²) in [6.07, 6.45) is 1.91. The molecule has 0 aromatic carbocycles. The Hall–Kier alpha value is -0.710. The molecule has 1 aliphatic heterocycles. The lowest BCUT2D eigenvalue weighted by molar-refractivity contribution is 0.380. The van der Waals surface area contributed by atoms with E-state index in [2.05, 4.69) is 8.37 Å². The second kappa shape index (κ2) is 2.04. The van der Waals surface area contributed by atoms with E-state index in [0.29, 0.717) is 0 Å². The minimum Gasteiger partial charge on any atom is -0.357 e. The van der Waals surface area contributed by atoms with Gasteiger partial charge in [-0.25, -0.2) is 0 Å². The summed E-state index contributed by atoms with van der Waals surface area (Å²) in [5, 5.41) is 0. The zero-order valence-electron chi connectivity index (χ0n) is 3.20. The maximum atomic E-state index is 9.92. The molecular formula is C3H6O4S. The van der Waals surface area contributed by atoms with Crippen LogP contribution < -0.4 is 0 Å². The SMILES string of the molecule is C.O=S1(=O)OC=CO1. The molecule has 1 rings (SSSR count). The van der Waals surface area contributed by atoms with Crippen molar-refractivity contribution in [3.63, 3.8) is 0 Å². The van der Waals surface area contributed by atoms with Crippen molar-refractivity contribution in [1.82, 2.24) is 0 Å². The van der Waals surface area contributed by atoms with Crippen LogP contribution in [0.25, 0.3) is 0 Å². The van der Waals surface area contributed by atoms with Crippen LogP contribution in [-0.2, 0) is 18.8 Å². The summed E-state index contributed by atoms with van der Waals surface area (Å²) in [4.78, 5) is 0. The number of hydrogen-bond donors (Lipinski definition) is 0. The average Bonchev–Trinajstić information content (AvgIpc) is 1.84.